The molecule has 1 atom stereocenters. The normalized spacial score (nSPS) is 12.5. The van der Waals surface area contributed by atoms with Crippen LogP contribution < -0.4 is 11.1 Å². The molecule has 5 nitrogen and oxygen atoms in total. The van der Waals surface area contributed by atoms with Crippen molar-refractivity contribution in [2.45, 2.75) is 19.6 Å². The maximum Gasteiger partial charge on any atom is 0.314 e. The summed E-state index contributed by atoms with van der Waals surface area (Å²) in [5.41, 5.74) is 4.85. The Labute approximate surface area is 65.5 Å². The zero-order chi connectivity index (χ0) is 8.69. The number of aliphatic hydroxyl groups is 1. The van der Waals surface area contributed by atoms with Gasteiger partial charge in [-0.15, -0.1) is 0 Å². The molecule has 0 aliphatic carbocycles. The molecule has 0 aromatic carbocycles. The van der Waals surface area contributed by atoms with Gasteiger partial charge in [0.25, 0.3) is 0 Å². The van der Waals surface area contributed by atoms with Gasteiger partial charge in [-0.05, 0) is 6.42 Å². The van der Waals surface area contributed by atoms with Gasteiger partial charge in [-0.2, -0.15) is 0 Å². The fourth-order valence-corrected chi connectivity index (χ4v) is 0.615. The number of nitrogens with two attached hydrogens (primary N) is 1. The number of primary amides is 1. The smallest absolute Gasteiger partial charge is 0.314 e. The Kier molecular flexibility index (Phi) is 5.50. The highest BCUT2D eigenvalue weighted by atomic mass is 16.5. The molecule has 66 valence electrons. The molecule has 4 N–H and O–H groups in total. The lowest BCUT2D eigenvalue weighted by Gasteiger charge is -2.15. The summed E-state index contributed by atoms with van der Waals surface area (Å²) in [6.45, 7) is 1.99. The molecule has 0 saturated heterocycles. The molecule has 0 spiro atoms. The lowest BCUT2D eigenvalue weighted by molar-refractivity contribution is 0.0146. The number of rotatable bonds is 5. The van der Waals surface area contributed by atoms with Gasteiger partial charge in [0.15, 0.2) is 0 Å². The van der Waals surface area contributed by atoms with Crippen LogP contribution in [0.3, 0.4) is 0 Å². The lowest BCUT2D eigenvalue weighted by Crippen LogP contribution is -2.40. The largest absolute Gasteiger partial charge is 0.394 e. The third-order valence-electron chi connectivity index (χ3n) is 1.08. The summed E-state index contributed by atoms with van der Waals surface area (Å²) in [7, 11) is 0. The predicted molar refractivity (Wildman–Crippen MR) is 39.8 cm³/mol. The minimum atomic E-state index is -0.616. The second kappa shape index (κ2) is 5.94. The van der Waals surface area contributed by atoms with Gasteiger partial charge >= 0.3 is 6.03 Å². The molecule has 0 heterocycles. The van der Waals surface area contributed by atoms with Crippen LogP contribution >= 0.6 is 0 Å². The van der Waals surface area contributed by atoms with Gasteiger partial charge in [-0.25, -0.2) is 4.79 Å². The second-order valence-electron chi connectivity index (χ2n) is 2.00. The van der Waals surface area contributed by atoms with Crippen LogP contribution in [0.15, 0.2) is 0 Å². The summed E-state index contributed by atoms with van der Waals surface area (Å²) in [6, 6.07) is -0.616. The van der Waals surface area contributed by atoms with Crippen molar-refractivity contribution in [3.8, 4) is 0 Å². The lowest BCUT2D eigenvalue weighted by atomic mass is 10.4. The number of carbonyl (C=O) groups is 1. The third-order valence-corrected chi connectivity index (χ3v) is 1.08. The first-order valence-electron chi connectivity index (χ1n) is 3.49. The van der Waals surface area contributed by atoms with E-state index in [0.29, 0.717) is 6.42 Å². The van der Waals surface area contributed by atoms with Crippen molar-refractivity contribution < 1.29 is 14.6 Å². The molecule has 0 aliphatic rings. The topological polar surface area (TPSA) is 84.6 Å². The maximum atomic E-state index is 10.3. The van der Waals surface area contributed by atoms with E-state index in [1.54, 1.807) is 0 Å². The Morgan fingerprint density at radius 3 is 2.82 bits per heavy atom. The summed E-state index contributed by atoms with van der Waals surface area (Å²) in [5.74, 6) is 0. The van der Waals surface area contributed by atoms with Gasteiger partial charge in [0.2, 0.25) is 0 Å². The number of urea groups is 1. The monoisotopic (exact) mass is 162 g/mol. The van der Waals surface area contributed by atoms with Crippen molar-refractivity contribution >= 4 is 6.03 Å². The van der Waals surface area contributed by atoms with Gasteiger partial charge in [-0.1, -0.05) is 6.92 Å². The number of ether oxygens (including phenoxy) is 1. The molecule has 5 heteroatoms. The summed E-state index contributed by atoms with van der Waals surface area (Å²) in [6.07, 6.45) is 0.239. The molecule has 0 fully saturated rings. The molecule has 0 aliphatic heterocycles. The van der Waals surface area contributed by atoms with Crippen LogP contribution in [0.2, 0.25) is 0 Å². The van der Waals surface area contributed by atoms with E-state index in [-0.39, 0.29) is 19.4 Å². The number of hydrogen-bond donors (Lipinski definition) is 3. The molecule has 11 heavy (non-hydrogen) atoms. The van der Waals surface area contributed by atoms with Crippen molar-refractivity contribution in [3.63, 3.8) is 0 Å². The van der Waals surface area contributed by atoms with E-state index >= 15 is 0 Å². The number of aliphatic hydroxyl groups excluding tert-OH is 1. The molecule has 0 radical (unpaired) electrons. The minimum Gasteiger partial charge on any atom is -0.394 e. The quantitative estimate of drug-likeness (QED) is 0.472. The van der Waals surface area contributed by atoms with E-state index in [1.165, 1.54) is 0 Å². The number of hydrogen-bond acceptors (Lipinski definition) is 3. The zero-order valence-electron chi connectivity index (χ0n) is 6.54. The highest BCUT2D eigenvalue weighted by Crippen LogP contribution is 1.91. The van der Waals surface area contributed by atoms with Crippen LogP contribution in [0.1, 0.15) is 13.3 Å². The van der Waals surface area contributed by atoms with Crippen LogP contribution in [0.5, 0.6) is 0 Å². The molecule has 1 unspecified atom stereocenters. The molecule has 0 rings (SSSR count). The standard InChI is InChI=1S/C6H14N2O3/c1-2-5(8-6(7)10)11-4-3-9/h5,9H,2-4H2,1H3,(H3,7,8,10). The average molecular weight is 162 g/mol. The third kappa shape index (κ3) is 5.63. The van der Waals surface area contributed by atoms with Crippen molar-refractivity contribution in [3.05, 3.63) is 0 Å². The van der Waals surface area contributed by atoms with E-state index in [2.05, 4.69) is 5.32 Å². The van der Waals surface area contributed by atoms with Gasteiger partial charge in [-0.3, -0.25) is 0 Å². The fraction of sp³-hybridized carbons (Fsp3) is 0.833. The summed E-state index contributed by atoms with van der Waals surface area (Å²) < 4.78 is 4.99. The molecular weight excluding hydrogens is 148 g/mol. The van der Waals surface area contributed by atoms with Crippen LogP contribution in [0, 0.1) is 0 Å². The highest BCUT2D eigenvalue weighted by Gasteiger charge is 2.06. The molecule has 2 amide bonds. The van der Waals surface area contributed by atoms with E-state index in [0.717, 1.165) is 0 Å². The Bertz CT molecular complexity index is 118. The maximum absolute atomic E-state index is 10.3. The van der Waals surface area contributed by atoms with Crippen molar-refractivity contribution in [2.24, 2.45) is 5.73 Å². The minimum absolute atomic E-state index is 0.0586. The van der Waals surface area contributed by atoms with Crippen LogP contribution in [0.25, 0.3) is 0 Å². The van der Waals surface area contributed by atoms with E-state index in [4.69, 9.17) is 15.6 Å². The Morgan fingerprint density at radius 2 is 2.45 bits per heavy atom. The molecular formula is C6H14N2O3. The van der Waals surface area contributed by atoms with E-state index in [1.807, 2.05) is 6.92 Å². The molecule has 0 aromatic rings. The Hall–Kier alpha value is -0.810. The predicted octanol–water partition coefficient (Wildman–Crippen LogP) is -0.600. The molecule has 0 bridgehead atoms. The second-order valence-corrected chi connectivity index (χ2v) is 2.00. The highest BCUT2D eigenvalue weighted by molar-refractivity contribution is 5.71. The van der Waals surface area contributed by atoms with Crippen molar-refractivity contribution in [1.29, 1.82) is 0 Å². The first kappa shape index (κ1) is 10.2. The zero-order valence-corrected chi connectivity index (χ0v) is 6.54. The first-order chi connectivity index (χ1) is 5.20. The van der Waals surface area contributed by atoms with Crippen molar-refractivity contribution in [1.82, 2.24) is 5.32 Å². The fourth-order valence-electron chi connectivity index (χ4n) is 0.615. The Morgan fingerprint density at radius 1 is 1.82 bits per heavy atom. The summed E-state index contributed by atoms with van der Waals surface area (Å²) >= 11 is 0. The molecule has 0 saturated carbocycles. The summed E-state index contributed by atoms with van der Waals surface area (Å²) in [5, 5.41) is 10.7. The summed E-state index contributed by atoms with van der Waals surface area (Å²) in [4.78, 5) is 10.3. The Balaban J connectivity index is 3.49. The number of amides is 2. The first-order valence-corrected chi connectivity index (χ1v) is 3.49. The number of carbonyl (C=O) groups excluding carboxylic acids is 1. The van der Waals surface area contributed by atoms with Crippen molar-refractivity contribution in [2.75, 3.05) is 13.2 Å². The van der Waals surface area contributed by atoms with E-state index in [9.17, 15) is 4.79 Å². The average Bonchev–Trinajstić information content (AvgIpc) is 1.97. The number of nitrogens with one attached hydrogen (secondary N) is 1. The van der Waals surface area contributed by atoms with Gasteiger partial charge in [0, 0.05) is 0 Å². The molecule has 0 aromatic heterocycles. The van der Waals surface area contributed by atoms with Gasteiger partial charge in [0.05, 0.1) is 13.2 Å². The SMILES string of the molecule is CCC(NC(N)=O)OCCO. The van der Waals surface area contributed by atoms with Gasteiger partial charge in [0.1, 0.15) is 6.23 Å². The van der Waals surface area contributed by atoms with Crippen LogP contribution in [-0.4, -0.2) is 30.6 Å². The van der Waals surface area contributed by atoms with Crippen LogP contribution in [0.4, 0.5) is 4.79 Å². The van der Waals surface area contributed by atoms with E-state index < -0.39 is 6.03 Å². The van der Waals surface area contributed by atoms with Crippen LogP contribution in [-0.2, 0) is 4.74 Å². The van der Waals surface area contributed by atoms with Gasteiger partial charge < -0.3 is 20.9 Å².